The summed E-state index contributed by atoms with van der Waals surface area (Å²) < 4.78 is 26.2. The summed E-state index contributed by atoms with van der Waals surface area (Å²) >= 11 is 5.57. The average molecular weight is 285 g/mol. The first-order valence-corrected chi connectivity index (χ1v) is 6.70. The van der Waals surface area contributed by atoms with Gasteiger partial charge in [-0.1, -0.05) is 0 Å². The third-order valence-electron chi connectivity index (χ3n) is 2.06. The SMILES string of the molecule is Nc1ccc(S(=O)(=O)Nc2ccnc(Cl)n2)cc1. The summed E-state index contributed by atoms with van der Waals surface area (Å²) in [7, 11) is -3.70. The van der Waals surface area contributed by atoms with Gasteiger partial charge in [0.15, 0.2) is 0 Å². The van der Waals surface area contributed by atoms with Gasteiger partial charge in [-0.05, 0) is 41.9 Å². The molecule has 94 valence electrons. The van der Waals surface area contributed by atoms with Crippen molar-refractivity contribution in [3.63, 3.8) is 0 Å². The van der Waals surface area contributed by atoms with Crippen LogP contribution in [0.1, 0.15) is 0 Å². The van der Waals surface area contributed by atoms with Crippen molar-refractivity contribution in [1.29, 1.82) is 0 Å². The molecule has 3 N–H and O–H groups in total. The maximum absolute atomic E-state index is 12.0. The first kappa shape index (κ1) is 12.6. The van der Waals surface area contributed by atoms with Crippen LogP contribution in [-0.2, 0) is 10.0 Å². The Bertz CT molecular complexity index is 658. The lowest BCUT2D eigenvalue weighted by Gasteiger charge is -2.07. The van der Waals surface area contributed by atoms with E-state index in [1.807, 2.05) is 0 Å². The first-order chi connectivity index (χ1) is 8.47. The molecule has 0 radical (unpaired) electrons. The van der Waals surface area contributed by atoms with Gasteiger partial charge < -0.3 is 5.73 Å². The quantitative estimate of drug-likeness (QED) is 0.658. The molecule has 0 saturated heterocycles. The monoisotopic (exact) mass is 284 g/mol. The highest BCUT2D eigenvalue weighted by molar-refractivity contribution is 7.92. The molecule has 0 aliphatic heterocycles. The zero-order valence-electron chi connectivity index (χ0n) is 9.04. The fraction of sp³-hybridized carbons (Fsp3) is 0. The van der Waals surface area contributed by atoms with Crippen LogP contribution in [0.25, 0.3) is 0 Å². The molecule has 2 rings (SSSR count). The summed E-state index contributed by atoms with van der Waals surface area (Å²) in [5, 5.41) is -0.0347. The lowest BCUT2D eigenvalue weighted by Crippen LogP contribution is -2.14. The number of rotatable bonds is 3. The Kier molecular flexibility index (Phi) is 3.35. The molecule has 8 heteroatoms. The van der Waals surface area contributed by atoms with E-state index < -0.39 is 10.0 Å². The smallest absolute Gasteiger partial charge is 0.263 e. The van der Waals surface area contributed by atoms with Gasteiger partial charge in [-0.25, -0.2) is 13.4 Å². The molecule has 18 heavy (non-hydrogen) atoms. The number of benzene rings is 1. The highest BCUT2D eigenvalue weighted by atomic mass is 35.5. The van der Waals surface area contributed by atoms with E-state index in [1.54, 1.807) is 0 Å². The Hall–Kier alpha value is -1.86. The zero-order chi connectivity index (χ0) is 13.2. The molecule has 0 bridgehead atoms. The van der Waals surface area contributed by atoms with E-state index in [-0.39, 0.29) is 16.0 Å². The number of anilines is 2. The van der Waals surface area contributed by atoms with Crippen LogP contribution in [0.2, 0.25) is 5.28 Å². The molecule has 0 amide bonds. The summed E-state index contributed by atoms with van der Waals surface area (Å²) in [5.41, 5.74) is 5.97. The number of nitrogen functional groups attached to an aromatic ring is 1. The minimum atomic E-state index is -3.70. The van der Waals surface area contributed by atoms with Crippen LogP contribution in [0.3, 0.4) is 0 Å². The van der Waals surface area contributed by atoms with Crippen LogP contribution in [0.5, 0.6) is 0 Å². The van der Waals surface area contributed by atoms with Crippen LogP contribution >= 0.6 is 11.6 Å². The molecule has 0 saturated carbocycles. The average Bonchev–Trinajstić information content (AvgIpc) is 2.29. The predicted octanol–water partition coefficient (Wildman–Crippen LogP) is 1.51. The van der Waals surface area contributed by atoms with E-state index >= 15 is 0 Å². The molecule has 1 aromatic carbocycles. The van der Waals surface area contributed by atoms with Crippen LogP contribution in [0, 0.1) is 0 Å². The first-order valence-electron chi connectivity index (χ1n) is 4.84. The molecule has 6 nitrogen and oxygen atoms in total. The number of nitrogens with two attached hydrogens (primary N) is 1. The number of nitrogens with zero attached hydrogens (tertiary/aromatic N) is 2. The van der Waals surface area contributed by atoms with Crippen LogP contribution in [0.15, 0.2) is 41.4 Å². The van der Waals surface area contributed by atoms with E-state index in [0.717, 1.165) is 0 Å². The van der Waals surface area contributed by atoms with Crippen LogP contribution < -0.4 is 10.5 Å². The van der Waals surface area contributed by atoms with Crippen molar-refractivity contribution in [3.05, 3.63) is 41.8 Å². The molecular formula is C10H9ClN4O2S. The molecule has 1 aromatic heterocycles. The van der Waals surface area contributed by atoms with E-state index in [4.69, 9.17) is 17.3 Å². The number of hydrogen-bond acceptors (Lipinski definition) is 5. The van der Waals surface area contributed by atoms with Gasteiger partial charge in [-0.15, -0.1) is 0 Å². The summed E-state index contributed by atoms with van der Waals surface area (Å²) in [4.78, 5) is 7.49. The number of sulfonamides is 1. The van der Waals surface area contributed by atoms with Gasteiger partial charge >= 0.3 is 0 Å². The number of hydrogen-bond donors (Lipinski definition) is 2. The van der Waals surface area contributed by atoms with Gasteiger partial charge in [0.1, 0.15) is 5.82 Å². The van der Waals surface area contributed by atoms with Gasteiger partial charge in [0.25, 0.3) is 10.0 Å². The minimum Gasteiger partial charge on any atom is -0.399 e. The van der Waals surface area contributed by atoms with Gasteiger partial charge in [0.2, 0.25) is 5.28 Å². The van der Waals surface area contributed by atoms with Crippen molar-refractivity contribution in [3.8, 4) is 0 Å². The summed E-state index contributed by atoms with van der Waals surface area (Å²) in [6, 6.07) is 7.21. The zero-order valence-corrected chi connectivity index (χ0v) is 10.6. The van der Waals surface area contributed by atoms with Crippen molar-refractivity contribution in [1.82, 2.24) is 9.97 Å². The van der Waals surface area contributed by atoms with Gasteiger partial charge in [0, 0.05) is 11.9 Å². The minimum absolute atomic E-state index is 0.0347. The van der Waals surface area contributed by atoms with E-state index in [9.17, 15) is 8.42 Å². The summed E-state index contributed by atoms with van der Waals surface area (Å²) in [6.07, 6.45) is 1.36. The second kappa shape index (κ2) is 4.79. The van der Waals surface area contributed by atoms with Crippen molar-refractivity contribution in [2.45, 2.75) is 4.90 Å². The molecule has 0 aliphatic carbocycles. The second-order valence-electron chi connectivity index (χ2n) is 3.39. The highest BCUT2D eigenvalue weighted by Gasteiger charge is 2.14. The third kappa shape index (κ3) is 2.88. The standard InChI is InChI=1S/C10H9ClN4O2S/c11-10-13-6-5-9(14-10)15-18(16,17)8-3-1-7(12)2-4-8/h1-6H,12H2,(H,13,14,15). The molecule has 0 fully saturated rings. The fourth-order valence-electron chi connectivity index (χ4n) is 1.24. The van der Waals surface area contributed by atoms with Crippen molar-refractivity contribution in [2.24, 2.45) is 0 Å². The molecule has 1 heterocycles. The topological polar surface area (TPSA) is 98.0 Å². The van der Waals surface area contributed by atoms with E-state index in [2.05, 4.69) is 14.7 Å². The molecule has 0 atom stereocenters. The molecule has 2 aromatic rings. The molecule has 0 aliphatic rings. The number of halogens is 1. The lowest BCUT2D eigenvalue weighted by molar-refractivity contribution is 0.601. The molecular weight excluding hydrogens is 276 g/mol. The van der Waals surface area contributed by atoms with Crippen molar-refractivity contribution in [2.75, 3.05) is 10.5 Å². The predicted molar refractivity (Wildman–Crippen MR) is 68.7 cm³/mol. The van der Waals surface area contributed by atoms with Crippen LogP contribution in [0.4, 0.5) is 11.5 Å². The summed E-state index contributed by atoms with van der Waals surface area (Å²) in [5.74, 6) is 0.104. The fourth-order valence-corrected chi connectivity index (χ4v) is 2.38. The number of aromatic nitrogens is 2. The van der Waals surface area contributed by atoms with Gasteiger partial charge in [-0.2, -0.15) is 4.98 Å². The van der Waals surface area contributed by atoms with Crippen LogP contribution in [-0.4, -0.2) is 18.4 Å². The molecule has 0 unspecified atom stereocenters. The highest BCUT2D eigenvalue weighted by Crippen LogP contribution is 2.16. The van der Waals surface area contributed by atoms with Crippen molar-refractivity contribution >= 4 is 33.1 Å². The summed E-state index contributed by atoms with van der Waals surface area (Å²) in [6.45, 7) is 0. The maximum atomic E-state index is 12.0. The Morgan fingerprint density at radius 1 is 1.17 bits per heavy atom. The van der Waals surface area contributed by atoms with E-state index in [0.29, 0.717) is 5.69 Å². The van der Waals surface area contributed by atoms with Gasteiger partial charge in [-0.3, -0.25) is 4.72 Å². The Morgan fingerprint density at radius 2 is 1.83 bits per heavy atom. The largest absolute Gasteiger partial charge is 0.399 e. The maximum Gasteiger partial charge on any atom is 0.263 e. The number of nitrogens with one attached hydrogen (secondary N) is 1. The molecule has 0 spiro atoms. The van der Waals surface area contributed by atoms with Gasteiger partial charge in [0.05, 0.1) is 4.90 Å². The second-order valence-corrected chi connectivity index (χ2v) is 5.41. The normalized spacial score (nSPS) is 11.2. The lowest BCUT2D eigenvalue weighted by atomic mass is 10.3. The Labute approximate surface area is 109 Å². The van der Waals surface area contributed by atoms with Crippen molar-refractivity contribution < 1.29 is 8.42 Å². The Morgan fingerprint density at radius 3 is 2.44 bits per heavy atom. The third-order valence-corrected chi connectivity index (χ3v) is 3.61. The Balaban J connectivity index is 2.30. The van der Waals surface area contributed by atoms with E-state index in [1.165, 1.54) is 36.5 Å².